The highest BCUT2D eigenvalue weighted by molar-refractivity contribution is 8.30. The zero-order chi connectivity index (χ0) is 23.4. The normalized spacial score (nSPS) is 16.8. The molecule has 1 aliphatic rings. The second-order valence-corrected chi connectivity index (χ2v) is 9.87. The summed E-state index contributed by atoms with van der Waals surface area (Å²) in [4.78, 5) is 25.6. The van der Waals surface area contributed by atoms with E-state index in [1.165, 1.54) is 0 Å². The van der Waals surface area contributed by atoms with Crippen LogP contribution in [0, 0.1) is 6.92 Å². The Hall–Kier alpha value is -3.36. The van der Waals surface area contributed by atoms with Gasteiger partial charge in [0, 0.05) is 48.3 Å². The van der Waals surface area contributed by atoms with Crippen LogP contribution in [0.25, 0.3) is 10.8 Å². The molecule has 3 aromatic rings. The Morgan fingerprint density at radius 1 is 1.21 bits per heavy atom. The Bertz CT molecular complexity index is 1290. The number of hydrogen-bond acceptors (Lipinski definition) is 4. The first-order chi connectivity index (χ1) is 15.8. The summed E-state index contributed by atoms with van der Waals surface area (Å²) in [6.07, 6.45) is -1.77. The first-order valence-electron chi connectivity index (χ1n) is 10.3. The topological polar surface area (TPSA) is 81.1 Å². The predicted molar refractivity (Wildman–Crippen MR) is 124 cm³/mol. The molecule has 1 atom stereocenters. The quantitative estimate of drug-likeness (QED) is 0.276. The van der Waals surface area contributed by atoms with E-state index in [-0.39, 0.29) is 6.42 Å². The molecule has 1 unspecified atom stereocenters. The van der Waals surface area contributed by atoms with Gasteiger partial charge in [-0.15, -0.1) is 0 Å². The molecule has 4 rings (SSSR count). The van der Waals surface area contributed by atoms with Crippen molar-refractivity contribution in [2.24, 2.45) is 15.2 Å². The van der Waals surface area contributed by atoms with E-state index in [0.29, 0.717) is 28.4 Å². The van der Waals surface area contributed by atoms with Crippen LogP contribution in [0.15, 0.2) is 75.0 Å². The van der Waals surface area contributed by atoms with Gasteiger partial charge >= 0.3 is 12.1 Å². The number of alkyl halides is 3. The number of aliphatic imine (C=N–C) groups is 1. The van der Waals surface area contributed by atoms with Crippen molar-refractivity contribution in [3.63, 3.8) is 0 Å². The minimum atomic E-state index is -4.20. The van der Waals surface area contributed by atoms with Crippen molar-refractivity contribution in [1.29, 1.82) is 0 Å². The third kappa shape index (κ3) is 5.53. The summed E-state index contributed by atoms with van der Waals surface area (Å²) >= 11 is 0. The number of carbonyl (C=O) groups is 1. The molecule has 0 saturated carbocycles. The first-order valence-corrected chi connectivity index (χ1v) is 11.8. The van der Waals surface area contributed by atoms with Crippen molar-refractivity contribution in [3.05, 3.63) is 66.0 Å². The molecule has 0 fully saturated rings. The van der Waals surface area contributed by atoms with Crippen molar-refractivity contribution < 1.29 is 18.0 Å². The van der Waals surface area contributed by atoms with Crippen LogP contribution in [0.4, 0.5) is 18.9 Å². The molecule has 0 spiro atoms. The van der Waals surface area contributed by atoms with Gasteiger partial charge in [-0.2, -0.15) is 24.1 Å². The smallest absolute Gasteiger partial charge is 0.284 e. The molecule has 10 heteroatoms. The lowest BCUT2D eigenvalue weighted by Gasteiger charge is -2.19. The molecule has 6 nitrogen and oxygen atoms in total. The zero-order valence-corrected chi connectivity index (χ0v) is 18.6. The number of benzene rings is 2. The molecule has 0 radical (unpaired) electrons. The number of halogens is 3. The molecule has 1 aliphatic heterocycles. The SMILES string of the molecule is Cc1cc([SH]2CCN=C2CCC(F)(F)F)ccc1C(=O)N=[N+]=Nc1cccc2cnccc12. The number of aromatic nitrogens is 1. The number of nitrogens with zero attached hydrogens (tertiary/aromatic N) is 5. The molecule has 33 heavy (non-hydrogen) atoms. The highest BCUT2D eigenvalue weighted by Crippen LogP contribution is 2.44. The van der Waals surface area contributed by atoms with Crippen LogP contribution in [-0.2, 0) is 0 Å². The average molecular weight is 473 g/mol. The Kier molecular flexibility index (Phi) is 6.67. The van der Waals surface area contributed by atoms with Gasteiger partial charge < -0.3 is 0 Å². The Balaban J connectivity index is 1.50. The van der Waals surface area contributed by atoms with Crippen LogP contribution in [0.1, 0.15) is 28.8 Å². The highest BCUT2D eigenvalue weighted by atomic mass is 32.2. The van der Waals surface area contributed by atoms with Gasteiger partial charge in [-0.3, -0.25) is 14.8 Å². The number of pyridine rings is 1. The maximum Gasteiger partial charge on any atom is 0.389 e. The van der Waals surface area contributed by atoms with E-state index in [2.05, 4.69) is 25.1 Å². The highest BCUT2D eigenvalue weighted by Gasteiger charge is 2.30. The second kappa shape index (κ2) is 9.64. The van der Waals surface area contributed by atoms with Gasteiger partial charge in [0.1, 0.15) is 0 Å². The lowest BCUT2D eigenvalue weighted by molar-refractivity contribution is -0.132. The van der Waals surface area contributed by atoms with Crippen molar-refractivity contribution in [2.75, 3.05) is 12.3 Å². The summed E-state index contributed by atoms with van der Waals surface area (Å²) < 4.78 is 37.8. The molecule has 1 aromatic heterocycles. The molecular weight excluding hydrogens is 451 g/mol. The molecule has 0 aliphatic carbocycles. The number of amides is 1. The van der Waals surface area contributed by atoms with Crippen LogP contribution in [0.5, 0.6) is 0 Å². The number of hydrogen-bond donors (Lipinski definition) is 1. The van der Waals surface area contributed by atoms with Gasteiger partial charge in [-0.1, -0.05) is 12.1 Å². The average Bonchev–Trinajstić information content (AvgIpc) is 3.26. The van der Waals surface area contributed by atoms with E-state index in [1.807, 2.05) is 24.3 Å². The number of aryl methyl sites for hydroxylation is 1. The van der Waals surface area contributed by atoms with Gasteiger partial charge in [-0.25, -0.2) is 0 Å². The Labute approximate surface area is 190 Å². The molecule has 170 valence electrons. The third-order valence-electron chi connectivity index (χ3n) is 5.26. The van der Waals surface area contributed by atoms with Crippen LogP contribution >= 0.6 is 10.9 Å². The minimum absolute atomic E-state index is 0.0745. The minimum Gasteiger partial charge on any atom is -0.284 e. The van der Waals surface area contributed by atoms with E-state index in [4.69, 9.17) is 0 Å². The Morgan fingerprint density at radius 2 is 2.06 bits per heavy atom. The molecule has 0 saturated heterocycles. The molecule has 0 N–H and O–H groups in total. The monoisotopic (exact) mass is 472 g/mol. The second-order valence-electron chi connectivity index (χ2n) is 7.53. The maximum absolute atomic E-state index is 12.6. The summed E-state index contributed by atoms with van der Waals surface area (Å²) in [6.45, 7) is 2.32. The van der Waals surface area contributed by atoms with Crippen molar-refractivity contribution in [3.8, 4) is 0 Å². The van der Waals surface area contributed by atoms with Crippen LogP contribution < -0.4 is 4.91 Å². The largest absolute Gasteiger partial charge is 0.389 e. The number of fused-ring (bicyclic) bond motifs is 1. The van der Waals surface area contributed by atoms with Gasteiger partial charge in [0.25, 0.3) is 0 Å². The third-order valence-corrected chi connectivity index (χ3v) is 7.80. The number of thiol groups is 1. The molecule has 1 amide bonds. The standard InChI is InChI=1S/C23H21F3N5OS/c1-15-13-17(33-12-11-28-21(33)7-9-23(24,25)26)5-6-18(15)22(32)30-31-29-20-4-2-3-16-14-27-10-8-19(16)20/h2-6,8,10,13-14,33H,7,9,11-12H2,1H3/q+1. The van der Waals surface area contributed by atoms with Crippen molar-refractivity contribution in [2.45, 2.75) is 30.8 Å². The summed E-state index contributed by atoms with van der Waals surface area (Å²) in [5, 5.41) is 10.2. The Morgan fingerprint density at radius 3 is 2.85 bits per heavy atom. The van der Waals surface area contributed by atoms with E-state index in [9.17, 15) is 18.0 Å². The number of rotatable bonds is 5. The summed E-state index contributed by atoms with van der Waals surface area (Å²) in [6, 6.07) is 12.6. The van der Waals surface area contributed by atoms with E-state index in [0.717, 1.165) is 21.4 Å². The maximum atomic E-state index is 12.6. The van der Waals surface area contributed by atoms with Crippen LogP contribution in [0.3, 0.4) is 0 Å². The fourth-order valence-corrected chi connectivity index (χ4v) is 6.02. The van der Waals surface area contributed by atoms with E-state index >= 15 is 0 Å². The summed E-state index contributed by atoms with van der Waals surface area (Å²) in [7, 11) is -0.902. The van der Waals surface area contributed by atoms with Gasteiger partial charge in [-0.05, 0) is 47.7 Å². The van der Waals surface area contributed by atoms with Crippen molar-refractivity contribution in [1.82, 2.24) is 9.90 Å². The fourth-order valence-electron chi connectivity index (χ4n) is 3.65. The molecular formula is C23H21F3N5OS+. The summed E-state index contributed by atoms with van der Waals surface area (Å²) in [5.41, 5.74) is 1.65. The summed E-state index contributed by atoms with van der Waals surface area (Å²) in [5.74, 6) is 0.198. The van der Waals surface area contributed by atoms with Gasteiger partial charge in [0.2, 0.25) is 10.0 Å². The lowest BCUT2D eigenvalue weighted by atomic mass is 10.1. The number of carbonyl (C=O) groups excluding carboxylic acids is 1. The lowest BCUT2D eigenvalue weighted by Crippen LogP contribution is -2.10. The first kappa shape index (κ1) is 22.8. The van der Waals surface area contributed by atoms with Gasteiger partial charge in [0.05, 0.1) is 10.6 Å². The molecule has 2 aromatic carbocycles. The van der Waals surface area contributed by atoms with Crippen LogP contribution in [0.2, 0.25) is 0 Å². The van der Waals surface area contributed by atoms with E-state index < -0.39 is 29.4 Å². The van der Waals surface area contributed by atoms with Crippen LogP contribution in [-0.4, -0.2) is 34.4 Å². The van der Waals surface area contributed by atoms with Gasteiger partial charge in [0.15, 0.2) is 10.8 Å². The zero-order valence-electron chi connectivity index (χ0n) is 17.8. The molecule has 0 bridgehead atoms. The predicted octanol–water partition coefficient (Wildman–Crippen LogP) is 6.10. The van der Waals surface area contributed by atoms with E-state index in [1.54, 1.807) is 37.5 Å². The van der Waals surface area contributed by atoms with Crippen molar-refractivity contribution >= 4 is 38.3 Å². The molecule has 2 heterocycles. The fraction of sp³-hybridized carbons (Fsp3) is 0.261.